The van der Waals surface area contributed by atoms with E-state index in [1.807, 2.05) is 24.3 Å². The van der Waals surface area contributed by atoms with Gasteiger partial charge in [0.2, 0.25) is 10.0 Å². The molecule has 3 nitrogen and oxygen atoms in total. The van der Waals surface area contributed by atoms with Gasteiger partial charge in [-0.1, -0.05) is 51.0 Å². The smallest absolute Gasteiger partial charge is 0.208 e. The molecule has 0 heterocycles. The van der Waals surface area contributed by atoms with Gasteiger partial charge in [-0.25, -0.2) is 13.1 Å². The van der Waals surface area contributed by atoms with Crippen LogP contribution in [0.5, 0.6) is 0 Å². The lowest BCUT2D eigenvalue weighted by atomic mass is 9.78. The van der Waals surface area contributed by atoms with E-state index in [1.54, 1.807) is 0 Å². The number of allylic oxidation sites excluding steroid dienone is 1. The van der Waals surface area contributed by atoms with E-state index in [2.05, 4.69) is 24.6 Å². The van der Waals surface area contributed by atoms with Crippen LogP contribution < -0.4 is 4.72 Å². The van der Waals surface area contributed by atoms with Crippen LogP contribution in [0, 0.1) is 11.8 Å². The Kier molecular flexibility index (Phi) is 4.42. The first-order valence-corrected chi connectivity index (χ1v) is 9.76. The van der Waals surface area contributed by atoms with Crippen molar-refractivity contribution in [3.8, 4) is 0 Å². The minimum atomic E-state index is -3.37. The van der Waals surface area contributed by atoms with Gasteiger partial charge in [-0.2, -0.15) is 0 Å². The molecule has 0 spiro atoms. The van der Waals surface area contributed by atoms with Crippen LogP contribution in [-0.4, -0.2) is 14.5 Å². The second-order valence-corrected chi connectivity index (χ2v) is 8.57. The summed E-state index contributed by atoms with van der Waals surface area (Å²) in [5, 5.41) is 0. The molecular weight excluding hydrogens is 294 g/mol. The molecule has 22 heavy (non-hydrogen) atoms. The number of aryl methyl sites for hydroxylation is 1. The largest absolute Gasteiger partial charge is 0.236 e. The molecule has 1 aromatic rings. The van der Waals surface area contributed by atoms with Gasteiger partial charge in [0.1, 0.15) is 0 Å². The summed E-state index contributed by atoms with van der Waals surface area (Å²) in [6, 6.07) is 8.12. The third kappa shape index (κ3) is 3.13. The van der Waals surface area contributed by atoms with Crippen LogP contribution in [0.3, 0.4) is 0 Å². The number of fused-ring (bicyclic) bond motifs is 1. The normalized spacial score (nSPS) is 28.8. The van der Waals surface area contributed by atoms with E-state index < -0.39 is 10.0 Å². The van der Waals surface area contributed by atoms with E-state index in [0.717, 1.165) is 24.8 Å². The fourth-order valence-electron chi connectivity index (χ4n) is 3.64. The van der Waals surface area contributed by atoms with Crippen LogP contribution in [0.4, 0.5) is 0 Å². The Morgan fingerprint density at radius 1 is 1.09 bits per heavy atom. The third-order valence-corrected chi connectivity index (χ3v) is 7.00. The van der Waals surface area contributed by atoms with E-state index in [9.17, 15) is 8.42 Å². The monoisotopic (exact) mass is 319 g/mol. The van der Waals surface area contributed by atoms with Crippen molar-refractivity contribution in [2.24, 2.45) is 11.8 Å². The van der Waals surface area contributed by atoms with Crippen molar-refractivity contribution in [1.29, 1.82) is 0 Å². The van der Waals surface area contributed by atoms with Crippen LogP contribution in [0.2, 0.25) is 0 Å². The summed E-state index contributed by atoms with van der Waals surface area (Å²) in [6.45, 7) is 4.39. The lowest BCUT2D eigenvalue weighted by Gasteiger charge is -2.34. The molecule has 3 rings (SSSR count). The predicted octanol–water partition coefficient (Wildman–Crippen LogP) is 3.72. The van der Waals surface area contributed by atoms with Crippen molar-refractivity contribution in [3.63, 3.8) is 0 Å². The Labute approximate surface area is 133 Å². The van der Waals surface area contributed by atoms with E-state index in [-0.39, 0.29) is 6.04 Å². The fraction of sp³-hybridized carbons (Fsp3) is 0.556. The molecule has 0 bridgehead atoms. The topological polar surface area (TPSA) is 46.2 Å². The molecule has 0 aromatic heterocycles. The Morgan fingerprint density at radius 3 is 2.68 bits per heavy atom. The average Bonchev–Trinajstić information content (AvgIpc) is 2.51. The van der Waals surface area contributed by atoms with Gasteiger partial charge in [0.25, 0.3) is 0 Å². The number of hydrogen-bond donors (Lipinski definition) is 1. The molecule has 0 saturated heterocycles. The van der Waals surface area contributed by atoms with Gasteiger partial charge in [0.05, 0.1) is 4.91 Å². The second-order valence-electron chi connectivity index (χ2n) is 6.80. The second kappa shape index (κ2) is 6.17. The summed E-state index contributed by atoms with van der Waals surface area (Å²) >= 11 is 0. The molecule has 1 fully saturated rings. The molecule has 120 valence electrons. The first-order chi connectivity index (χ1) is 10.5. The summed E-state index contributed by atoms with van der Waals surface area (Å²) in [6.07, 6.45) is 6.52. The Morgan fingerprint density at radius 2 is 1.86 bits per heavy atom. The molecule has 2 aliphatic rings. The van der Waals surface area contributed by atoms with Gasteiger partial charge in [0, 0.05) is 6.04 Å². The molecule has 0 radical (unpaired) electrons. The maximum Gasteiger partial charge on any atom is 0.236 e. The zero-order chi connectivity index (χ0) is 15.7. The van der Waals surface area contributed by atoms with Gasteiger partial charge >= 0.3 is 0 Å². The fourth-order valence-corrected chi connectivity index (χ4v) is 5.18. The highest BCUT2D eigenvalue weighted by molar-refractivity contribution is 7.93. The molecule has 1 saturated carbocycles. The lowest BCUT2D eigenvalue weighted by Crippen LogP contribution is -2.44. The predicted molar refractivity (Wildman–Crippen MR) is 90.8 cm³/mol. The van der Waals surface area contributed by atoms with Crippen molar-refractivity contribution in [1.82, 2.24) is 4.72 Å². The lowest BCUT2D eigenvalue weighted by molar-refractivity contribution is 0.227. The molecule has 1 N–H and O–H groups in total. The van der Waals surface area contributed by atoms with Crippen LogP contribution in [-0.2, 0) is 16.4 Å². The maximum absolute atomic E-state index is 12.7. The molecule has 4 heteroatoms. The summed E-state index contributed by atoms with van der Waals surface area (Å²) in [7, 11) is -3.37. The first kappa shape index (κ1) is 15.8. The zero-order valence-corrected chi connectivity index (χ0v) is 14.2. The minimum Gasteiger partial charge on any atom is -0.208 e. The highest BCUT2D eigenvalue weighted by Crippen LogP contribution is 2.32. The van der Waals surface area contributed by atoms with E-state index in [0.29, 0.717) is 23.2 Å². The van der Waals surface area contributed by atoms with E-state index >= 15 is 0 Å². The SMILES string of the molecule is C[C@H]1[C@@H](NS(=O)(=O)C2=Cc3ccccc3CC2)CCC[C@@H]1C. The van der Waals surface area contributed by atoms with Crippen molar-refractivity contribution in [3.05, 3.63) is 40.3 Å². The van der Waals surface area contributed by atoms with Gasteiger partial charge < -0.3 is 0 Å². The summed E-state index contributed by atoms with van der Waals surface area (Å²) in [5.74, 6) is 0.988. The van der Waals surface area contributed by atoms with Crippen molar-refractivity contribution in [2.45, 2.75) is 52.0 Å². The Balaban J connectivity index is 1.81. The third-order valence-electron chi connectivity index (χ3n) is 5.37. The highest BCUT2D eigenvalue weighted by atomic mass is 32.2. The van der Waals surface area contributed by atoms with Gasteiger partial charge in [-0.3, -0.25) is 0 Å². The van der Waals surface area contributed by atoms with Crippen molar-refractivity contribution in [2.75, 3.05) is 0 Å². The summed E-state index contributed by atoms with van der Waals surface area (Å²) in [4.78, 5) is 0.539. The number of hydrogen-bond acceptors (Lipinski definition) is 2. The standard InChI is InChI=1S/C18H25NO2S/c1-13-6-5-9-18(14(13)2)19-22(20,21)17-11-10-15-7-3-4-8-16(15)12-17/h3-4,7-8,12-14,18-19H,5-6,9-11H2,1-2H3/t13-,14+,18-/m0/s1. The van der Waals surface area contributed by atoms with Gasteiger partial charge in [-0.15, -0.1) is 0 Å². The number of sulfonamides is 1. The van der Waals surface area contributed by atoms with Crippen LogP contribution in [0.25, 0.3) is 6.08 Å². The van der Waals surface area contributed by atoms with Crippen molar-refractivity contribution >= 4 is 16.1 Å². The Bertz CT molecular complexity index is 678. The molecule has 1 aromatic carbocycles. The van der Waals surface area contributed by atoms with Crippen molar-refractivity contribution < 1.29 is 8.42 Å². The molecule has 0 aliphatic heterocycles. The van der Waals surface area contributed by atoms with Crippen LogP contribution >= 0.6 is 0 Å². The van der Waals surface area contributed by atoms with E-state index in [4.69, 9.17) is 0 Å². The first-order valence-electron chi connectivity index (χ1n) is 8.28. The highest BCUT2D eigenvalue weighted by Gasteiger charge is 2.32. The molecule has 3 atom stereocenters. The average molecular weight is 319 g/mol. The molecule has 0 unspecified atom stereocenters. The number of nitrogens with one attached hydrogen (secondary N) is 1. The van der Waals surface area contributed by atoms with Gasteiger partial charge in [0.15, 0.2) is 0 Å². The van der Waals surface area contributed by atoms with Crippen LogP contribution in [0.1, 0.15) is 50.7 Å². The van der Waals surface area contributed by atoms with Gasteiger partial charge in [-0.05, 0) is 48.3 Å². The van der Waals surface area contributed by atoms with Crippen LogP contribution in [0.15, 0.2) is 29.2 Å². The Hall–Kier alpha value is -1.13. The molecule has 0 amide bonds. The molecule has 2 aliphatic carbocycles. The number of rotatable bonds is 3. The minimum absolute atomic E-state index is 0.0758. The maximum atomic E-state index is 12.7. The summed E-state index contributed by atoms with van der Waals surface area (Å²) < 4.78 is 28.5. The van der Waals surface area contributed by atoms with E-state index in [1.165, 1.54) is 12.0 Å². The quantitative estimate of drug-likeness (QED) is 0.923. The zero-order valence-electron chi connectivity index (χ0n) is 13.4. The molecular formula is C18H25NO2S. The summed E-state index contributed by atoms with van der Waals surface area (Å²) in [5.41, 5.74) is 2.28. The number of benzene rings is 1.